The zero-order valence-corrected chi connectivity index (χ0v) is 30.9. The molecule has 1 aliphatic carbocycles. The molecule has 1 aliphatic rings. The Bertz CT molecular complexity index is 2910. The van der Waals surface area contributed by atoms with Crippen LogP contribution < -0.4 is 0 Å². The van der Waals surface area contributed by atoms with E-state index in [0.717, 1.165) is 50.1 Å². The number of nitrogens with zero attached hydrogens (tertiary/aromatic N) is 4. The zero-order chi connectivity index (χ0) is 38.2. The monoisotopic (exact) mass is 726 g/mol. The van der Waals surface area contributed by atoms with Crippen molar-refractivity contribution < 1.29 is 0 Å². The predicted octanol–water partition coefficient (Wildman–Crippen LogP) is 13.1. The van der Waals surface area contributed by atoms with Crippen LogP contribution in [-0.2, 0) is 5.41 Å². The lowest BCUT2D eigenvalue weighted by molar-refractivity contribution is 0.769. The minimum absolute atomic E-state index is 0.580. The summed E-state index contributed by atoms with van der Waals surface area (Å²) < 4.78 is 0. The van der Waals surface area contributed by atoms with Gasteiger partial charge in [0.25, 0.3) is 0 Å². The van der Waals surface area contributed by atoms with Gasteiger partial charge < -0.3 is 0 Å². The van der Waals surface area contributed by atoms with Gasteiger partial charge >= 0.3 is 0 Å². The largest absolute Gasteiger partial charge is 0.238 e. The van der Waals surface area contributed by atoms with Gasteiger partial charge in [-0.25, -0.2) is 19.8 Å². The van der Waals surface area contributed by atoms with E-state index in [9.17, 15) is 0 Å². The van der Waals surface area contributed by atoms with Crippen molar-refractivity contribution in [3.63, 3.8) is 0 Å². The summed E-state index contributed by atoms with van der Waals surface area (Å²) in [6.07, 6.45) is 0. The van der Waals surface area contributed by atoms with E-state index < -0.39 is 5.41 Å². The fourth-order valence-electron chi connectivity index (χ4n) is 8.39. The second-order valence-corrected chi connectivity index (χ2v) is 14.3. The van der Waals surface area contributed by atoms with Crippen LogP contribution in [0.4, 0.5) is 5.69 Å². The summed E-state index contributed by atoms with van der Waals surface area (Å²) in [5, 5.41) is 0. The minimum Gasteiger partial charge on any atom is -0.238 e. The van der Waals surface area contributed by atoms with Crippen LogP contribution in [0.5, 0.6) is 0 Å². The van der Waals surface area contributed by atoms with Gasteiger partial charge in [0.1, 0.15) is 0 Å². The van der Waals surface area contributed by atoms with E-state index in [1.165, 1.54) is 22.3 Å². The summed E-state index contributed by atoms with van der Waals surface area (Å²) in [4.78, 5) is 19.0. The van der Waals surface area contributed by atoms with Crippen molar-refractivity contribution in [2.45, 2.75) is 5.41 Å². The molecule has 0 spiro atoms. The molecule has 0 amide bonds. The molecule has 4 nitrogen and oxygen atoms in total. The van der Waals surface area contributed by atoms with Crippen LogP contribution in [0.2, 0.25) is 0 Å². The first-order valence-corrected chi connectivity index (χ1v) is 19.1. The van der Waals surface area contributed by atoms with Crippen molar-refractivity contribution in [2.75, 3.05) is 0 Å². The summed E-state index contributed by atoms with van der Waals surface area (Å²) in [7, 11) is 0. The van der Waals surface area contributed by atoms with Crippen molar-refractivity contribution >= 4 is 5.69 Å². The van der Waals surface area contributed by atoms with Crippen molar-refractivity contribution in [1.82, 2.24) is 15.0 Å². The highest BCUT2D eigenvalue weighted by molar-refractivity contribution is 5.90. The molecule has 1 heterocycles. The molecule has 0 radical (unpaired) electrons. The molecule has 0 fully saturated rings. The minimum atomic E-state index is -0.580. The Morgan fingerprint density at radius 2 is 0.789 bits per heavy atom. The molecule has 57 heavy (non-hydrogen) atoms. The fraction of sp³-hybridized carbons (Fsp3) is 0.0189. The molecule has 266 valence electrons. The van der Waals surface area contributed by atoms with Gasteiger partial charge in [0.2, 0.25) is 0 Å². The van der Waals surface area contributed by atoms with Gasteiger partial charge in [-0.05, 0) is 79.9 Å². The molecular weight excluding hydrogens is 693 g/mol. The number of rotatable bonds is 7. The third-order valence-electron chi connectivity index (χ3n) is 11.0. The quantitative estimate of drug-likeness (QED) is 0.154. The van der Waals surface area contributed by atoms with Crippen molar-refractivity contribution in [3.8, 4) is 67.5 Å². The maximum atomic E-state index is 7.83. The molecule has 4 heteroatoms. The SMILES string of the molecule is [C-]#[N+]c1ccc2c(c1)-c1ccc(-c3cccc(-c4nc(-c5ccccc5)nc(-c5cccc(-c6ccccc6)c5)n4)c3)cc1C2(c1ccccc1)c1ccccc1. The molecule has 0 N–H and O–H groups in total. The van der Waals surface area contributed by atoms with E-state index in [4.69, 9.17) is 21.5 Å². The number of hydrogen-bond acceptors (Lipinski definition) is 3. The Morgan fingerprint density at radius 3 is 1.35 bits per heavy atom. The summed E-state index contributed by atoms with van der Waals surface area (Å²) in [6, 6.07) is 71.7. The molecule has 0 saturated carbocycles. The molecule has 0 unspecified atom stereocenters. The first-order valence-electron chi connectivity index (χ1n) is 19.1. The maximum absolute atomic E-state index is 7.83. The highest BCUT2D eigenvalue weighted by Crippen LogP contribution is 2.57. The average Bonchev–Trinajstić information content (AvgIpc) is 3.59. The Balaban J connectivity index is 1.13. The Hall–Kier alpha value is -7.74. The Kier molecular flexibility index (Phi) is 8.39. The van der Waals surface area contributed by atoms with Crippen molar-refractivity contribution in [3.05, 3.63) is 240 Å². The lowest BCUT2D eigenvalue weighted by Crippen LogP contribution is -2.28. The second kappa shape index (κ2) is 14.2. The van der Waals surface area contributed by atoms with E-state index in [1.54, 1.807) is 0 Å². The van der Waals surface area contributed by atoms with Crippen LogP contribution >= 0.6 is 0 Å². The van der Waals surface area contributed by atoms with Crippen LogP contribution in [0.25, 0.3) is 72.4 Å². The molecule has 9 aromatic rings. The Labute approximate surface area is 332 Å². The van der Waals surface area contributed by atoms with Crippen LogP contribution in [0.15, 0.2) is 206 Å². The average molecular weight is 727 g/mol. The van der Waals surface area contributed by atoms with E-state index in [0.29, 0.717) is 23.2 Å². The van der Waals surface area contributed by atoms with Crippen LogP contribution in [0.3, 0.4) is 0 Å². The van der Waals surface area contributed by atoms with Crippen molar-refractivity contribution in [1.29, 1.82) is 0 Å². The second-order valence-electron chi connectivity index (χ2n) is 14.3. The highest BCUT2D eigenvalue weighted by Gasteiger charge is 2.46. The molecular formula is C53H34N4. The molecule has 1 aromatic heterocycles. The van der Waals surface area contributed by atoms with E-state index in [-0.39, 0.29) is 0 Å². The summed E-state index contributed by atoms with van der Waals surface area (Å²) in [5.41, 5.74) is 14.1. The van der Waals surface area contributed by atoms with Gasteiger partial charge in [-0.2, -0.15) is 0 Å². The molecule has 8 aromatic carbocycles. The summed E-state index contributed by atoms with van der Waals surface area (Å²) in [5.74, 6) is 1.84. The molecule has 10 rings (SSSR count). The van der Waals surface area contributed by atoms with Crippen molar-refractivity contribution in [2.24, 2.45) is 0 Å². The first-order chi connectivity index (χ1) is 28.2. The first kappa shape index (κ1) is 33.8. The molecule has 0 bridgehead atoms. The lowest BCUT2D eigenvalue weighted by atomic mass is 9.67. The molecule has 0 atom stereocenters. The molecule has 0 saturated heterocycles. The third kappa shape index (κ3) is 5.90. The molecule has 0 aliphatic heterocycles. The van der Waals surface area contributed by atoms with Gasteiger partial charge in [0, 0.05) is 16.7 Å². The zero-order valence-electron chi connectivity index (χ0n) is 30.9. The normalized spacial score (nSPS) is 12.3. The van der Waals surface area contributed by atoms with E-state index >= 15 is 0 Å². The lowest BCUT2D eigenvalue weighted by Gasteiger charge is -2.34. The number of aromatic nitrogens is 3. The predicted molar refractivity (Wildman–Crippen MR) is 231 cm³/mol. The summed E-state index contributed by atoms with van der Waals surface area (Å²) in [6.45, 7) is 7.83. The smallest absolute Gasteiger partial charge is 0.187 e. The third-order valence-corrected chi connectivity index (χ3v) is 11.0. The van der Waals surface area contributed by atoms with Gasteiger partial charge in [-0.3, -0.25) is 0 Å². The van der Waals surface area contributed by atoms with Gasteiger partial charge in [0.15, 0.2) is 23.2 Å². The van der Waals surface area contributed by atoms with Crippen LogP contribution in [0, 0.1) is 6.57 Å². The number of benzene rings is 8. The fourth-order valence-corrected chi connectivity index (χ4v) is 8.39. The van der Waals surface area contributed by atoms with E-state index in [1.807, 2.05) is 48.5 Å². The maximum Gasteiger partial charge on any atom is 0.187 e. The van der Waals surface area contributed by atoms with Gasteiger partial charge in [-0.1, -0.05) is 182 Å². The van der Waals surface area contributed by atoms with Gasteiger partial charge in [0.05, 0.1) is 12.0 Å². The highest BCUT2D eigenvalue weighted by atomic mass is 15.0. The van der Waals surface area contributed by atoms with Crippen LogP contribution in [0.1, 0.15) is 22.3 Å². The standard InChI is InChI=1S/C53H34N4/c1-54-45-29-31-48-47(35-45)46-30-28-40(34-49(46)53(48,43-24-10-4-11-25-43)44-26-12-5-13-27-44)39-21-15-23-42(33-39)52-56-50(37-18-8-3-9-19-37)55-51(57-52)41-22-14-20-38(32-41)36-16-6-2-7-17-36/h2-35H. The number of fused-ring (bicyclic) bond motifs is 3. The topological polar surface area (TPSA) is 43.0 Å². The number of hydrogen-bond donors (Lipinski definition) is 0. The summed E-state index contributed by atoms with van der Waals surface area (Å²) >= 11 is 0. The Morgan fingerprint density at radius 1 is 0.333 bits per heavy atom. The van der Waals surface area contributed by atoms with Crippen LogP contribution in [-0.4, -0.2) is 15.0 Å². The van der Waals surface area contributed by atoms with E-state index in [2.05, 4.69) is 163 Å². The van der Waals surface area contributed by atoms with Gasteiger partial charge in [-0.15, -0.1) is 0 Å².